The summed E-state index contributed by atoms with van der Waals surface area (Å²) in [5.41, 5.74) is -6.97. The third-order valence-corrected chi connectivity index (χ3v) is 9.04. The number of rotatable bonds is 3. The molecular weight excluding hydrogens is 422 g/mol. The molecule has 4 rings (SSSR count). The molecule has 0 aliphatic heterocycles. The molecule has 0 aromatic heterocycles. The maximum atomic E-state index is 17.0. The van der Waals surface area contributed by atoms with E-state index in [0.29, 0.717) is 0 Å². The molecule has 2 N–H and O–H groups in total. The molecule has 0 bridgehead atoms. The maximum absolute atomic E-state index is 17.0. The number of aliphatic hydroxyl groups excluding tert-OH is 1. The molecule has 0 spiro atoms. The number of hydrogen-bond acceptors (Lipinski definition) is 6. The summed E-state index contributed by atoms with van der Waals surface area (Å²) in [7, 11) is 0. The number of Topliss-reactive ketones (excluding diaryl/α,β-unsaturated/α-hetero) is 1. The Morgan fingerprint density at radius 1 is 1.25 bits per heavy atom. The molecule has 3 saturated carbocycles. The summed E-state index contributed by atoms with van der Waals surface area (Å²) >= 11 is 0. The molecule has 0 unspecified atom stereocenters. The Kier molecular flexibility index (Phi) is 5.11. The van der Waals surface area contributed by atoms with Crippen LogP contribution in [0.1, 0.15) is 47.0 Å². The molecule has 4 aliphatic carbocycles. The van der Waals surface area contributed by atoms with E-state index in [4.69, 9.17) is 4.74 Å². The van der Waals surface area contributed by atoms with E-state index in [9.17, 15) is 24.6 Å². The molecule has 0 aromatic carbocycles. The van der Waals surface area contributed by atoms with E-state index in [2.05, 4.69) is 0 Å². The number of ketones is 2. The lowest BCUT2D eigenvalue weighted by Gasteiger charge is -2.63. The first-order valence-corrected chi connectivity index (χ1v) is 11.1. The zero-order valence-corrected chi connectivity index (χ0v) is 18.7. The maximum Gasteiger partial charge on any atom is 0.303 e. The summed E-state index contributed by atoms with van der Waals surface area (Å²) in [5, 5.41) is 22.8. The van der Waals surface area contributed by atoms with Crippen LogP contribution < -0.4 is 0 Å². The zero-order valence-electron chi connectivity index (χ0n) is 18.7. The number of allylic oxidation sites excluding steroid dienone is 4. The Morgan fingerprint density at radius 3 is 2.53 bits per heavy atom. The Balaban J connectivity index is 1.79. The fourth-order valence-electron chi connectivity index (χ4n) is 7.41. The van der Waals surface area contributed by atoms with E-state index in [-0.39, 0.29) is 24.8 Å². The topological polar surface area (TPSA) is 101 Å². The van der Waals surface area contributed by atoms with Gasteiger partial charge in [-0.1, -0.05) is 19.9 Å². The number of fused-ring (bicyclic) bond motifs is 5. The first kappa shape index (κ1) is 23.2. The van der Waals surface area contributed by atoms with E-state index in [1.807, 2.05) is 0 Å². The van der Waals surface area contributed by atoms with Crippen molar-refractivity contribution in [3.63, 3.8) is 0 Å². The van der Waals surface area contributed by atoms with Crippen molar-refractivity contribution in [2.75, 3.05) is 6.61 Å². The summed E-state index contributed by atoms with van der Waals surface area (Å²) < 4.78 is 37.2. The number of carbonyl (C=O) groups excluding carboxylic acids is 3. The molecule has 0 aromatic rings. The van der Waals surface area contributed by atoms with Crippen LogP contribution in [0.4, 0.5) is 8.78 Å². The third kappa shape index (κ3) is 2.65. The van der Waals surface area contributed by atoms with Gasteiger partial charge in [-0.15, -0.1) is 0 Å². The minimum absolute atomic E-state index is 0.0265. The predicted octanol–water partition coefficient (Wildman–Crippen LogP) is 2.41. The first-order chi connectivity index (χ1) is 14.7. The first-order valence-electron chi connectivity index (χ1n) is 11.1. The summed E-state index contributed by atoms with van der Waals surface area (Å²) in [5.74, 6) is -3.98. The average Bonchev–Trinajstić information content (AvgIpc) is 2.91. The molecule has 6 nitrogen and oxygen atoms in total. The molecule has 3 fully saturated rings. The number of hydrogen-bond donors (Lipinski definition) is 2. The third-order valence-electron chi connectivity index (χ3n) is 9.04. The average molecular weight is 452 g/mol. The van der Waals surface area contributed by atoms with E-state index in [1.165, 1.54) is 19.1 Å². The van der Waals surface area contributed by atoms with Crippen molar-refractivity contribution in [1.29, 1.82) is 0 Å². The molecule has 32 heavy (non-hydrogen) atoms. The van der Waals surface area contributed by atoms with Gasteiger partial charge in [-0.2, -0.15) is 0 Å². The van der Waals surface area contributed by atoms with Crippen LogP contribution in [0.25, 0.3) is 0 Å². The Labute approximate surface area is 185 Å². The Bertz CT molecular complexity index is 945. The van der Waals surface area contributed by atoms with E-state index < -0.39 is 76.3 Å². The van der Waals surface area contributed by atoms with Crippen LogP contribution in [0.2, 0.25) is 0 Å². The number of aliphatic hydroxyl groups is 2. The van der Waals surface area contributed by atoms with Crippen molar-refractivity contribution in [2.45, 2.75) is 70.5 Å². The number of ether oxygens (including phenoxy) is 1. The minimum atomic E-state index is -2.27. The second-order valence-electron chi connectivity index (χ2n) is 10.5. The molecule has 8 heteroatoms. The summed E-state index contributed by atoms with van der Waals surface area (Å²) in [6, 6.07) is 0. The molecule has 0 heterocycles. The van der Waals surface area contributed by atoms with Crippen LogP contribution >= 0.6 is 0 Å². The van der Waals surface area contributed by atoms with Crippen LogP contribution in [0.3, 0.4) is 0 Å². The van der Waals surface area contributed by atoms with Crippen molar-refractivity contribution in [3.05, 3.63) is 23.8 Å². The van der Waals surface area contributed by atoms with Crippen LogP contribution in [0.5, 0.6) is 0 Å². The fourth-order valence-corrected chi connectivity index (χ4v) is 7.41. The van der Waals surface area contributed by atoms with Crippen LogP contribution in [-0.2, 0) is 19.1 Å². The summed E-state index contributed by atoms with van der Waals surface area (Å²) in [4.78, 5) is 36.1. The lowest BCUT2D eigenvalue weighted by Crippen LogP contribution is -2.70. The van der Waals surface area contributed by atoms with Gasteiger partial charge in [0.15, 0.2) is 18.1 Å². The molecule has 0 saturated heterocycles. The van der Waals surface area contributed by atoms with E-state index >= 15 is 8.78 Å². The van der Waals surface area contributed by atoms with Crippen molar-refractivity contribution in [2.24, 2.45) is 28.6 Å². The predicted molar refractivity (Wildman–Crippen MR) is 110 cm³/mol. The van der Waals surface area contributed by atoms with Gasteiger partial charge < -0.3 is 14.9 Å². The largest absolute Gasteiger partial charge is 0.458 e. The van der Waals surface area contributed by atoms with Gasteiger partial charge in [0.1, 0.15) is 11.8 Å². The van der Waals surface area contributed by atoms with Crippen LogP contribution in [-0.4, -0.2) is 57.9 Å². The molecule has 9 atom stereocenters. The van der Waals surface area contributed by atoms with Gasteiger partial charge in [0.25, 0.3) is 0 Å². The smallest absolute Gasteiger partial charge is 0.303 e. The van der Waals surface area contributed by atoms with Crippen molar-refractivity contribution in [3.8, 4) is 0 Å². The highest BCUT2D eigenvalue weighted by molar-refractivity contribution is 6.01. The van der Waals surface area contributed by atoms with Crippen LogP contribution in [0, 0.1) is 28.6 Å². The monoisotopic (exact) mass is 452 g/mol. The van der Waals surface area contributed by atoms with Crippen molar-refractivity contribution >= 4 is 17.5 Å². The molecule has 0 amide bonds. The number of halogens is 2. The van der Waals surface area contributed by atoms with Crippen LogP contribution in [0.15, 0.2) is 23.8 Å². The summed E-state index contributed by atoms with van der Waals surface area (Å²) in [6.07, 6.45) is 0.271. The minimum Gasteiger partial charge on any atom is -0.458 e. The lowest BCUT2D eigenvalue weighted by atomic mass is 9.44. The highest BCUT2D eigenvalue weighted by atomic mass is 19.1. The van der Waals surface area contributed by atoms with Gasteiger partial charge in [-0.25, -0.2) is 8.78 Å². The van der Waals surface area contributed by atoms with Gasteiger partial charge in [-0.3, -0.25) is 14.4 Å². The number of carbonyl (C=O) groups is 3. The van der Waals surface area contributed by atoms with E-state index in [1.54, 1.807) is 13.8 Å². The number of esters is 1. The van der Waals surface area contributed by atoms with Gasteiger partial charge in [0.05, 0.1) is 6.10 Å². The number of alkyl halides is 2. The highest BCUT2D eigenvalue weighted by Gasteiger charge is 2.76. The second kappa shape index (κ2) is 7.03. The van der Waals surface area contributed by atoms with Gasteiger partial charge in [-0.05, 0) is 55.7 Å². The normalized spacial score (nSPS) is 49.6. The standard InChI is InChI=1S/C24H30F2O6/c1-12-7-15-16-9-18(25)17-8-14(28)5-6-21(17,3)23(16,26)19(29)10-22(15,4)24(12,31)20(30)11-32-13(2)27/h5-6,8,12,15-16,18-19,29,31H,7,9-11H2,1-4H3/t12-,15+,16-,18+,19-,21-,22-,23+,24-/m0/s1. The highest BCUT2D eigenvalue weighted by Crippen LogP contribution is 2.70. The lowest BCUT2D eigenvalue weighted by molar-refractivity contribution is -0.224. The zero-order chi connectivity index (χ0) is 23.9. The van der Waals surface area contributed by atoms with Gasteiger partial charge in [0.2, 0.25) is 5.78 Å². The molecule has 0 radical (unpaired) electrons. The SMILES string of the molecule is CC(=O)OCC(=O)[C@@]1(O)[C@@H](C)C[C@@H]2[C@@H]3C[C@@H](F)C4=CC(=O)C=C[C@]4(C)[C@]3(F)[C@@H](O)C[C@@]21C. The van der Waals surface area contributed by atoms with Gasteiger partial charge in [0, 0.05) is 23.7 Å². The van der Waals surface area contributed by atoms with Gasteiger partial charge >= 0.3 is 5.97 Å². The molecule has 176 valence electrons. The van der Waals surface area contributed by atoms with Crippen molar-refractivity contribution < 1.29 is 38.1 Å². The second-order valence-corrected chi connectivity index (χ2v) is 10.5. The fraction of sp³-hybridized carbons (Fsp3) is 0.708. The molecular formula is C24H30F2O6. The Hall–Kier alpha value is -1.93. The van der Waals surface area contributed by atoms with Crippen molar-refractivity contribution in [1.82, 2.24) is 0 Å². The quantitative estimate of drug-likeness (QED) is 0.638. The summed E-state index contributed by atoms with van der Waals surface area (Å²) in [6.45, 7) is 5.34. The molecule has 4 aliphatic rings. The Morgan fingerprint density at radius 2 is 1.91 bits per heavy atom. The van der Waals surface area contributed by atoms with E-state index in [0.717, 1.165) is 13.0 Å².